The third-order valence-electron chi connectivity index (χ3n) is 5.10. The van der Waals surface area contributed by atoms with E-state index in [0.29, 0.717) is 18.3 Å². The Morgan fingerprint density at radius 2 is 1.76 bits per heavy atom. The van der Waals surface area contributed by atoms with Gasteiger partial charge < -0.3 is 9.84 Å². The Kier molecular flexibility index (Phi) is 7.14. The topological polar surface area (TPSA) is 71.3 Å². The molecular formula is C23H28N4O2. The molecule has 1 heterocycles. The van der Waals surface area contributed by atoms with Crippen LogP contribution in [0, 0.1) is 6.92 Å². The zero-order chi connectivity index (χ0) is 20.6. The number of carbonyl (C=O) groups excluding carboxylic acids is 1. The van der Waals surface area contributed by atoms with Crippen molar-refractivity contribution in [3.8, 4) is 11.4 Å². The highest BCUT2D eigenvalue weighted by Crippen LogP contribution is 2.21. The predicted octanol–water partition coefficient (Wildman–Crippen LogP) is 3.79. The van der Waals surface area contributed by atoms with E-state index in [0.717, 1.165) is 24.2 Å². The van der Waals surface area contributed by atoms with Crippen LogP contribution in [-0.2, 0) is 11.2 Å². The average Bonchev–Trinajstić information content (AvgIpc) is 3.20. The lowest BCUT2D eigenvalue weighted by Crippen LogP contribution is -2.38. The number of hydrogen-bond donors (Lipinski definition) is 1. The summed E-state index contributed by atoms with van der Waals surface area (Å²) in [5.74, 6) is 0.703. The first-order valence-electron chi connectivity index (χ1n) is 10.1. The molecule has 0 aliphatic heterocycles. The van der Waals surface area contributed by atoms with Crippen molar-refractivity contribution in [1.82, 2.24) is 20.4 Å². The van der Waals surface area contributed by atoms with Crippen LogP contribution in [0.3, 0.4) is 0 Å². The molecule has 0 saturated carbocycles. The van der Waals surface area contributed by atoms with Crippen LogP contribution in [-0.4, -0.2) is 40.6 Å². The quantitative estimate of drug-likeness (QED) is 0.600. The fourth-order valence-corrected chi connectivity index (χ4v) is 3.47. The predicted molar refractivity (Wildman–Crippen MR) is 113 cm³/mol. The summed E-state index contributed by atoms with van der Waals surface area (Å²) in [4.78, 5) is 19.2. The van der Waals surface area contributed by atoms with Crippen molar-refractivity contribution in [2.75, 3.05) is 19.6 Å². The molecule has 0 fully saturated rings. The number of hydrogen-bond acceptors (Lipinski definition) is 5. The summed E-state index contributed by atoms with van der Waals surface area (Å²) in [7, 11) is 0. The van der Waals surface area contributed by atoms with Gasteiger partial charge in [0.2, 0.25) is 17.6 Å². The van der Waals surface area contributed by atoms with E-state index in [4.69, 9.17) is 4.52 Å². The van der Waals surface area contributed by atoms with Gasteiger partial charge in [-0.25, -0.2) is 0 Å². The van der Waals surface area contributed by atoms with Gasteiger partial charge in [-0.3, -0.25) is 9.69 Å². The maximum absolute atomic E-state index is 12.5. The van der Waals surface area contributed by atoms with E-state index in [-0.39, 0.29) is 18.4 Å². The molecule has 1 atom stereocenters. The average molecular weight is 393 g/mol. The van der Waals surface area contributed by atoms with Crippen molar-refractivity contribution >= 4 is 5.91 Å². The number of aryl methyl sites for hydroxylation is 1. The highest BCUT2D eigenvalue weighted by atomic mass is 16.5. The van der Waals surface area contributed by atoms with E-state index in [9.17, 15) is 4.79 Å². The van der Waals surface area contributed by atoms with Crippen molar-refractivity contribution in [3.63, 3.8) is 0 Å². The molecule has 2 aromatic carbocycles. The standard InChI is InChI=1S/C23H28N4O2/c1-4-27(5-2)20(18-12-7-6-8-13-18)16-24-21(28)15-22-25-23(26-29-22)19-14-10-9-11-17(19)3/h6-14,20H,4-5,15-16H2,1-3H3,(H,24,28). The third-order valence-corrected chi connectivity index (χ3v) is 5.10. The van der Waals surface area contributed by atoms with Gasteiger partial charge in [-0.1, -0.05) is 73.6 Å². The molecule has 0 spiro atoms. The fraction of sp³-hybridized carbons (Fsp3) is 0.348. The molecule has 0 radical (unpaired) electrons. The molecule has 0 aliphatic rings. The number of aromatic nitrogens is 2. The highest BCUT2D eigenvalue weighted by Gasteiger charge is 2.20. The first kappa shape index (κ1) is 20.7. The lowest BCUT2D eigenvalue weighted by molar-refractivity contribution is -0.121. The maximum Gasteiger partial charge on any atom is 0.236 e. The second-order valence-electron chi connectivity index (χ2n) is 6.96. The molecule has 152 valence electrons. The van der Waals surface area contributed by atoms with Gasteiger partial charge in [-0.2, -0.15) is 4.98 Å². The molecule has 0 bridgehead atoms. The van der Waals surface area contributed by atoms with Crippen molar-refractivity contribution < 1.29 is 9.32 Å². The van der Waals surface area contributed by atoms with Gasteiger partial charge in [0.05, 0.1) is 6.04 Å². The zero-order valence-corrected chi connectivity index (χ0v) is 17.3. The van der Waals surface area contributed by atoms with Crippen LogP contribution in [0.1, 0.15) is 36.9 Å². The largest absolute Gasteiger partial charge is 0.354 e. The van der Waals surface area contributed by atoms with Crippen molar-refractivity contribution in [1.29, 1.82) is 0 Å². The highest BCUT2D eigenvalue weighted by molar-refractivity contribution is 5.77. The third kappa shape index (κ3) is 5.29. The van der Waals surface area contributed by atoms with Crippen LogP contribution in [0.2, 0.25) is 0 Å². The minimum Gasteiger partial charge on any atom is -0.354 e. The number of benzene rings is 2. The molecule has 3 rings (SSSR count). The molecule has 3 aromatic rings. The number of amides is 1. The van der Waals surface area contributed by atoms with E-state index in [1.807, 2.05) is 49.4 Å². The number of carbonyl (C=O) groups is 1. The van der Waals surface area contributed by atoms with Gasteiger partial charge in [0, 0.05) is 12.1 Å². The van der Waals surface area contributed by atoms with E-state index in [2.05, 4.69) is 46.3 Å². The molecule has 6 nitrogen and oxygen atoms in total. The van der Waals surface area contributed by atoms with Gasteiger partial charge in [0.1, 0.15) is 6.42 Å². The second-order valence-corrected chi connectivity index (χ2v) is 6.96. The summed E-state index contributed by atoms with van der Waals surface area (Å²) in [6.07, 6.45) is 0.0681. The summed E-state index contributed by atoms with van der Waals surface area (Å²) in [5.41, 5.74) is 3.17. The van der Waals surface area contributed by atoms with Crippen LogP contribution < -0.4 is 5.32 Å². The maximum atomic E-state index is 12.5. The first-order chi connectivity index (χ1) is 14.1. The molecule has 6 heteroatoms. The van der Waals surface area contributed by atoms with E-state index in [1.165, 1.54) is 5.56 Å². The number of likely N-dealkylation sites (N-methyl/N-ethyl adjacent to an activating group) is 1. The Morgan fingerprint density at radius 3 is 2.45 bits per heavy atom. The van der Waals surface area contributed by atoms with Crippen molar-refractivity contribution in [2.45, 2.75) is 33.2 Å². The van der Waals surface area contributed by atoms with Gasteiger partial charge in [-0.15, -0.1) is 0 Å². The Morgan fingerprint density at radius 1 is 1.07 bits per heavy atom. The summed E-state index contributed by atoms with van der Waals surface area (Å²) in [5, 5.41) is 7.05. The van der Waals surface area contributed by atoms with Crippen LogP contribution in [0.4, 0.5) is 0 Å². The monoisotopic (exact) mass is 392 g/mol. The Labute approximate surface area is 171 Å². The van der Waals surface area contributed by atoms with E-state index >= 15 is 0 Å². The van der Waals surface area contributed by atoms with Crippen LogP contribution in [0.25, 0.3) is 11.4 Å². The smallest absolute Gasteiger partial charge is 0.236 e. The SMILES string of the molecule is CCN(CC)C(CNC(=O)Cc1nc(-c2ccccc2C)no1)c1ccccc1. The van der Waals surface area contributed by atoms with Gasteiger partial charge >= 0.3 is 0 Å². The molecule has 29 heavy (non-hydrogen) atoms. The minimum absolute atomic E-state index is 0.0681. The summed E-state index contributed by atoms with van der Waals surface area (Å²) in [6, 6.07) is 18.2. The fourth-order valence-electron chi connectivity index (χ4n) is 3.47. The summed E-state index contributed by atoms with van der Waals surface area (Å²) < 4.78 is 5.29. The Bertz CT molecular complexity index is 919. The van der Waals surface area contributed by atoms with Crippen LogP contribution >= 0.6 is 0 Å². The molecule has 0 aliphatic carbocycles. The minimum atomic E-state index is -0.127. The van der Waals surface area contributed by atoms with Gasteiger partial charge in [-0.05, 0) is 31.1 Å². The lowest BCUT2D eigenvalue weighted by atomic mass is 10.1. The molecule has 0 saturated heterocycles. The number of rotatable bonds is 9. The summed E-state index contributed by atoms with van der Waals surface area (Å²) in [6.45, 7) is 8.61. The Hall–Kier alpha value is -2.99. The van der Waals surface area contributed by atoms with E-state index in [1.54, 1.807) is 0 Å². The van der Waals surface area contributed by atoms with Crippen molar-refractivity contribution in [2.24, 2.45) is 0 Å². The number of nitrogens with zero attached hydrogens (tertiary/aromatic N) is 3. The van der Waals surface area contributed by atoms with Gasteiger partial charge in [0.15, 0.2) is 0 Å². The second kappa shape index (κ2) is 9.98. The molecule has 1 amide bonds. The molecule has 1 N–H and O–H groups in total. The zero-order valence-electron chi connectivity index (χ0n) is 17.3. The lowest BCUT2D eigenvalue weighted by Gasteiger charge is -2.30. The van der Waals surface area contributed by atoms with Gasteiger partial charge in [0.25, 0.3) is 0 Å². The normalized spacial score (nSPS) is 12.1. The first-order valence-corrected chi connectivity index (χ1v) is 10.1. The molecule has 1 aromatic heterocycles. The Balaban J connectivity index is 1.63. The van der Waals surface area contributed by atoms with Crippen LogP contribution in [0.15, 0.2) is 59.1 Å². The van der Waals surface area contributed by atoms with Crippen molar-refractivity contribution in [3.05, 3.63) is 71.6 Å². The molecule has 1 unspecified atom stereocenters. The number of nitrogens with one attached hydrogen (secondary N) is 1. The molecular weight excluding hydrogens is 364 g/mol. The van der Waals surface area contributed by atoms with Crippen LogP contribution in [0.5, 0.6) is 0 Å². The van der Waals surface area contributed by atoms with E-state index < -0.39 is 0 Å². The summed E-state index contributed by atoms with van der Waals surface area (Å²) >= 11 is 0.